The molecule has 0 fully saturated rings. The highest BCUT2D eigenvalue weighted by atomic mass is 35.5. The van der Waals surface area contributed by atoms with E-state index in [1.54, 1.807) is 10.9 Å². The Kier molecular flexibility index (Phi) is 3.47. The first-order valence-corrected chi connectivity index (χ1v) is 6.94. The summed E-state index contributed by atoms with van der Waals surface area (Å²) < 4.78 is 1.75. The van der Waals surface area contributed by atoms with Crippen molar-refractivity contribution in [2.45, 2.75) is 12.5 Å². The lowest BCUT2D eigenvalue weighted by molar-refractivity contribution is 0.618. The van der Waals surface area contributed by atoms with Gasteiger partial charge in [0.15, 0.2) is 0 Å². The first-order valence-electron chi connectivity index (χ1n) is 6.56. The molecule has 1 unspecified atom stereocenters. The molecule has 2 aromatic carbocycles. The summed E-state index contributed by atoms with van der Waals surface area (Å²) in [5.74, 6) is 0. The molecular weight excluding hydrogens is 270 g/mol. The summed E-state index contributed by atoms with van der Waals surface area (Å²) >= 11 is 6.16. The Labute approximate surface area is 123 Å². The predicted octanol–water partition coefficient (Wildman–Crippen LogP) is 3.47. The Hall–Kier alpha value is -1.84. The van der Waals surface area contributed by atoms with Crippen LogP contribution in [0.25, 0.3) is 10.8 Å². The molecule has 0 saturated heterocycles. The molecule has 2 N–H and O–H groups in total. The SMILES string of the molecule is Cn1ncc(Cl)c1C(N)Cc1cccc2ccccc12. The van der Waals surface area contributed by atoms with Gasteiger partial charge in [0.05, 0.1) is 23.0 Å². The smallest absolute Gasteiger partial charge is 0.0834 e. The van der Waals surface area contributed by atoms with Gasteiger partial charge in [-0.15, -0.1) is 0 Å². The highest BCUT2D eigenvalue weighted by molar-refractivity contribution is 6.31. The number of nitrogens with zero attached hydrogens (tertiary/aromatic N) is 2. The highest BCUT2D eigenvalue weighted by Gasteiger charge is 2.16. The standard InChI is InChI=1S/C16H16ClN3/c1-20-16(14(17)10-19-20)15(18)9-12-7-4-6-11-5-2-3-8-13(11)12/h2-8,10,15H,9,18H2,1H3. The second-order valence-corrected chi connectivity index (χ2v) is 5.36. The van der Waals surface area contributed by atoms with E-state index in [0.29, 0.717) is 5.02 Å². The first-order chi connectivity index (χ1) is 9.66. The number of hydrogen-bond donors (Lipinski definition) is 1. The van der Waals surface area contributed by atoms with Crippen molar-refractivity contribution in [3.05, 3.63) is 64.9 Å². The number of aryl methyl sites for hydroxylation is 1. The average Bonchev–Trinajstić information content (AvgIpc) is 2.78. The molecule has 0 spiro atoms. The lowest BCUT2D eigenvalue weighted by atomic mass is 9.98. The molecule has 0 aliphatic carbocycles. The molecule has 0 aliphatic rings. The van der Waals surface area contributed by atoms with Gasteiger partial charge in [0, 0.05) is 7.05 Å². The van der Waals surface area contributed by atoms with Crippen LogP contribution in [0.4, 0.5) is 0 Å². The fourth-order valence-corrected chi connectivity index (χ4v) is 2.95. The van der Waals surface area contributed by atoms with E-state index in [4.69, 9.17) is 17.3 Å². The Balaban J connectivity index is 1.97. The van der Waals surface area contributed by atoms with E-state index in [-0.39, 0.29) is 6.04 Å². The number of rotatable bonds is 3. The van der Waals surface area contributed by atoms with Crippen LogP contribution >= 0.6 is 11.6 Å². The molecule has 0 aliphatic heterocycles. The van der Waals surface area contributed by atoms with Gasteiger partial charge in [-0.1, -0.05) is 54.1 Å². The van der Waals surface area contributed by atoms with Crippen LogP contribution in [-0.4, -0.2) is 9.78 Å². The van der Waals surface area contributed by atoms with E-state index in [9.17, 15) is 0 Å². The van der Waals surface area contributed by atoms with Gasteiger partial charge >= 0.3 is 0 Å². The summed E-state index contributed by atoms with van der Waals surface area (Å²) in [6.07, 6.45) is 2.38. The number of benzene rings is 2. The summed E-state index contributed by atoms with van der Waals surface area (Å²) in [4.78, 5) is 0. The van der Waals surface area contributed by atoms with Crippen LogP contribution in [0.15, 0.2) is 48.7 Å². The third-order valence-corrected chi connectivity index (χ3v) is 3.90. The van der Waals surface area contributed by atoms with Crippen molar-refractivity contribution >= 4 is 22.4 Å². The maximum atomic E-state index is 6.32. The van der Waals surface area contributed by atoms with E-state index in [1.807, 2.05) is 13.1 Å². The molecule has 102 valence electrons. The fraction of sp³-hybridized carbons (Fsp3) is 0.188. The maximum absolute atomic E-state index is 6.32. The molecule has 1 atom stereocenters. The van der Waals surface area contributed by atoms with E-state index in [0.717, 1.165) is 12.1 Å². The second kappa shape index (κ2) is 5.27. The van der Waals surface area contributed by atoms with Crippen molar-refractivity contribution in [2.75, 3.05) is 0 Å². The van der Waals surface area contributed by atoms with Crippen LogP contribution in [0.3, 0.4) is 0 Å². The highest BCUT2D eigenvalue weighted by Crippen LogP contribution is 2.26. The van der Waals surface area contributed by atoms with Crippen LogP contribution in [0.2, 0.25) is 5.02 Å². The zero-order chi connectivity index (χ0) is 14.1. The molecule has 0 radical (unpaired) electrons. The molecule has 3 rings (SSSR count). The fourth-order valence-electron chi connectivity index (χ4n) is 2.64. The normalized spacial score (nSPS) is 12.8. The number of aromatic nitrogens is 2. The van der Waals surface area contributed by atoms with Crippen molar-refractivity contribution < 1.29 is 0 Å². The largest absolute Gasteiger partial charge is 0.322 e. The third-order valence-electron chi connectivity index (χ3n) is 3.61. The minimum absolute atomic E-state index is 0.166. The zero-order valence-electron chi connectivity index (χ0n) is 11.3. The van der Waals surface area contributed by atoms with Crippen molar-refractivity contribution in [3.8, 4) is 0 Å². The summed E-state index contributed by atoms with van der Waals surface area (Å²) in [5.41, 5.74) is 8.42. The summed E-state index contributed by atoms with van der Waals surface area (Å²) in [7, 11) is 1.87. The monoisotopic (exact) mass is 285 g/mol. The van der Waals surface area contributed by atoms with E-state index >= 15 is 0 Å². The number of nitrogens with two attached hydrogens (primary N) is 1. The van der Waals surface area contributed by atoms with E-state index < -0.39 is 0 Å². The number of hydrogen-bond acceptors (Lipinski definition) is 2. The summed E-state index contributed by atoms with van der Waals surface area (Å²) in [5, 5.41) is 7.24. The second-order valence-electron chi connectivity index (χ2n) is 4.95. The first kappa shape index (κ1) is 13.2. The quantitative estimate of drug-likeness (QED) is 0.801. The molecule has 0 amide bonds. The molecule has 3 aromatic rings. The molecular formula is C16H16ClN3. The Morgan fingerprint density at radius 2 is 1.95 bits per heavy atom. The summed E-state index contributed by atoms with van der Waals surface area (Å²) in [6, 6.07) is 14.5. The number of halogens is 1. The molecule has 4 heteroatoms. The Bertz CT molecular complexity index is 724. The molecule has 3 nitrogen and oxygen atoms in total. The lowest BCUT2D eigenvalue weighted by Gasteiger charge is -2.14. The van der Waals surface area contributed by atoms with Gasteiger partial charge in [-0.25, -0.2) is 0 Å². The van der Waals surface area contributed by atoms with Crippen molar-refractivity contribution in [1.29, 1.82) is 0 Å². The molecule has 1 aromatic heterocycles. The van der Waals surface area contributed by atoms with Crippen LogP contribution in [0.5, 0.6) is 0 Å². The Morgan fingerprint density at radius 3 is 2.70 bits per heavy atom. The number of fused-ring (bicyclic) bond motifs is 1. The molecule has 20 heavy (non-hydrogen) atoms. The van der Waals surface area contributed by atoms with Gasteiger partial charge in [0.25, 0.3) is 0 Å². The van der Waals surface area contributed by atoms with Crippen molar-refractivity contribution in [1.82, 2.24) is 9.78 Å². The van der Waals surface area contributed by atoms with Gasteiger partial charge in [-0.05, 0) is 22.8 Å². The van der Waals surface area contributed by atoms with Crippen LogP contribution < -0.4 is 5.73 Å². The molecule has 1 heterocycles. The zero-order valence-corrected chi connectivity index (χ0v) is 12.0. The average molecular weight is 286 g/mol. The minimum Gasteiger partial charge on any atom is -0.322 e. The van der Waals surface area contributed by atoms with Crippen LogP contribution in [0.1, 0.15) is 17.3 Å². The van der Waals surface area contributed by atoms with Crippen LogP contribution in [-0.2, 0) is 13.5 Å². The van der Waals surface area contributed by atoms with Crippen molar-refractivity contribution in [3.63, 3.8) is 0 Å². The van der Waals surface area contributed by atoms with Gasteiger partial charge in [0.2, 0.25) is 0 Å². The van der Waals surface area contributed by atoms with Gasteiger partial charge in [-0.2, -0.15) is 5.10 Å². The maximum Gasteiger partial charge on any atom is 0.0834 e. The van der Waals surface area contributed by atoms with Crippen LogP contribution in [0, 0.1) is 0 Å². The summed E-state index contributed by atoms with van der Waals surface area (Å²) in [6.45, 7) is 0. The molecule has 0 saturated carbocycles. The molecule has 0 bridgehead atoms. The van der Waals surface area contributed by atoms with E-state index in [1.165, 1.54) is 16.3 Å². The van der Waals surface area contributed by atoms with Gasteiger partial charge in [0.1, 0.15) is 0 Å². The predicted molar refractivity (Wildman–Crippen MR) is 82.8 cm³/mol. The van der Waals surface area contributed by atoms with Crippen molar-refractivity contribution in [2.24, 2.45) is 12.8 Å². The third kappa shape index (κ3) is 2.30. The minimum atomic E-state index is -0.166. The van der Waals surface area contributed by atoms with Gasteiger partial charge in [-0.3, -0.25) is 4.68 Å². The topological polar surface area (TPSA) is 43.8 Å². The Morgan fingerprint density at radius 1 is 1.20 bits per heavy atom. The van der Waals surface area contributed by atoms with E-state index in [2.05, 4.69) is 41.5 Å². The lowest BCUT2D eigenvalue weighted by Crippen LogP contribution is -2.17. The van der Waals surface area contributed by atoms with Gasteiger partial charge < -0.3 is 5.73 Å².